The zero-order valence-corrected chi connectivity index (χ0v) is 18.1. The van der Waals surface area contributed by atoms with E-state index in [2.05, 4.69) is 10.9 Å². The van der Waals surface area contributed by atoms with E-state index in [1.54, 1.807) is 17.0 Å². The van der Waals surface area contributed by atoms with Gasteiger partial charge in [0.25, 0.3) is 0 Å². The number of hydrazine groups is 1. The number of carbonyl (C=O) groups excluding carboxylic acids is 1. The van der Waals surface area contributed by atoms with E-state index in [-0.39, 0.29) is 42.8 Å². The lowest BCUT2D eigenvalue weighted by atomic mass is 9.83. The van der Waals surface area contributed by atoms with E-state index in [1.165, 1.54) is 0 Å². The molecule has 4 unspecified atom stereocenters. The Bertz CT molecular complexity index is 1110. The number of ether oxygens (including phenoxy) is 1. The molecular weight excluding hydrogens is 418 g/mol. The van der Waals surface area contributed by atoms with Gasteiger partial charge in [-0.3, -0.25) is 4.79 Å². The second kappa shape index (κ2) is 9.23. The maximum absolute atomic E-state index is 13.2. The summed E-state index contributed by atoms with van der Waals surface area (Å²) < 4.78 is 5.92. The van der Waals surface area contributed by atoms with E-state index < -0.39 is 6.04 Å². The molecule has 1 amide bonds. The highest BCUT2D eigenvalue weighted by Gasteiger charge is 2.55. The van der Waals surface area contributed by atoms with Crippen LogP contribution < -0.4 is 15.6 Å². The maximum atomic E-state index is 13.2. The third-order valence-corrected chi connectivity index (χ3v) is 6.50. The van der Waals surface area contributed by atoms with Gasteiger partial charge < -0.3 is 19.8 Å². The lowest BCUT2D eigenvalue weighted by Crippen LogP contribution is -2.42. The molecule has 2 fully saturated rings. The molecule has 4 atom stereocenters. The van der Waals surface area contributed by atoms with Crippen molar-refractivity contribution >= 4 is 5.91 Å². The van der Waals surface area contributed by atoms with Gasteiger partial charge in [-0.05, 0) is 29.3 Å². The Labute approximate surface area is 192 Å². The Hall–Kier alpha value is -3.39. The number of fused-ring (bicyclic) bond motifs is 1. The number of amides is 1. The zero-order chi connectivity index (χ0) is 22.8. The third kappa shape index (κ3) is 4.06. The Balaban J connectivity index is 1.42. The smallest absolute Gasteiger partial charge is 0.242 e. The molecule has 170 valence electrons. The Morgan fingerprint density at radius 1 is 0.879 bits per heavy atom. The highest BCUT2D eigenvalue weighted by atomic mass is 16.5. The second-order valence-electron chi connectivity index (χ2n) is 8.42. The monoisotopic (exact) mass is 445 g/mol. The molecular formula is C26H27N3O4. The van der Waals surface area contributed by atoms with E-state index in [0.29, 0.717) is 6.61 Å². The molecule has 7 heteroatoms. The minimum atomic E-state index is -0.444. The molecule has 3 aromatic rings. The number of β-amino-alcohol motifs (C(OH)–C–C–N with tert-alkyl or cyclic N) is 1. The summed E-state index contributed by atoms with van der Waals surface area (Å²) in [6.07, 6.45) is 0. The number of phenolic OH excluding ortho intramolecular Hbond substituents is 1. The van der Waals surface area contributed by atoms with Crippen molar-refractivity contribution in [3.8, 4) is 11.5 Å². The fourth-order valence-corrected chi connectivity index (χ4v) is 4.98. The number of benzene rings is 3. The van der Waals surface area contributed by atoms with Crippen LogP contribution in [0.3, 0.4) is 0 Å². The molecule has 2 saturated heterocycles. The molecule has 0 spiro atoms. The molecule has 2 aliphatic heterocycles. The number of phenols is 1. The molecule has 2 aliphatic rings. The van der Waals surface area contributed by atoms with E-state index >= 15 is 0 Å². The number of hydrogen-bond acceptors (Lipinski definition) is 6. The molecule has 0 bridgehead atoms. The minimum absolute atomic E-state index is 0.0612. The number of carbonyl (C=O) groups is 1. The van der Waals surface area contributed by atoms with Crippen molar-refractivity contribution in [2.75, 3.05) is 13.2 Å². The SMILES string of the molecule is O=C1C2NNC(c3ccccc3O)C2C(c2ccc(OCc3ccccc3)cc2)N1CCO. The molecule has 2 heterocycles. The number of aromatic hydroxyl groups is 1. The van der Waals surface area contributed by atoms with Crippen molar-refractivity contribution in [2.24, 2.45) is 5.92 Å². The summed E-state index contributed by atoms with van der Waals surface area (Å²) in [7, 11) is 0. The first-order chi connectivity index (χ1) is 16.2. The number of para-hydroxylation sites is 1. The summed E-state index contributed by atoms with van der Waals surface area (Å²) in [6.45, 7) is 0.610. The van der Waals surface area contributed by atoms with Gasteiger partial charge in [0.05, 0.1) is 18.7 Å². The molecule has 7 nitrogen and oxygen atoms in total. The normalized spacial score (nSPS) is 24.2. The Kier molecular flexibility index (Phi) is 6.00. The summed E-state index contributed by atoms with van der Waals surface area (Å²) in [5.41, 5.74) is 9.13. The molecule has 5 rings (SSSR count). The van der Waals surface area contributed by atoms with Crippen LogP contribution >= 0.6 is 0 Å². The summed E-state index contributed by atoms with van der Waals surface area (Å²) in [6, 6.07) is 24.0. The van der Waals surface area contributed by atoms with Crippen LogP contribution in [0.2, 0.25) is 0 Å². The molecule has 0 aromatic heterocycles. The van der Waals surface area contributed by atoms with E-state index in [0.717, 1.165) is 22.4 Å². The molecule has 0 saturated carbocycles. The Morgan fingerprint density at radius 3 is 2.30 bits per heavy atom. The fraction of sp³-hybridized carbons (Fsp3) is 0.269. The van der Waals surface area contributed by atoms with E-state index in [1.807, 2.05) is 66.7 Å². The average molecular weight is 446 g/mol. The number of rotatable bonds is 7. The first kappa shape index (κ1) is 21.5. The number of nitrogens with zero attached hydrogens (tertiary/aromatic N) is 1. The van der Waals surface area contributed by atoms with Crippen molar-refractivity contribution in [1.82, 2.24) is 15.8 Å². The van der Waals surface area contributed by atoms with Crippen LogP contribution in [0.5, 0.6) is 11.5 Å². The van der Waals surface area contributed by atoms with Crippen LogP contribution in [-0.4, -0.2) is 40.2 Å². The number of likely N-dealkylation sites (tertiary alicyclic amines) is 1. The van der Waals surface area contributed by atoms with Gasteiger partial charge in [0, 0.05) is 18.0 Å². The number of nitrogens with one attached hydrogen (secondary N) is 2. The average Bonchev–Trinajstić information content (AvgIpc) is 3.39. The second-order valence-corrected chi connectivity index (χ2v) is 8.42. The molecule has 3 aromatic carbocycles. The highest BCUT2D eigenvalue weighted by molar-refractivity contribution is 5.86. The molecule has 0 radical (unpaired) electrons. The van der Waals surface area contributed by atoms with E-state index in [9.17, 15) is 15.0 Å². The summed E-state index contributed by atoms with van der Waals surface area (Å²) >= 11 is 0. The molecule has 4 N–H and O–H groups in total. The lowest BCUT2D eigenvalue weighted by molar-refractivity contribution is -0.131. The molecule has 33 heavy (non-hydrogen) atoms. The van der Waals surface area contributed by atoms with Gasteiger partial charge in [-0.2, -0.15) is 0 Å². The number of aliphatic hydroxyl groups is 1. The van der Waals surface area contributed by atoms with Gasteiger partial charge >= 0.3 is 0 Å². The highest BCUT2D eigenvalue weighted by Crippen LogP contribution is 2.48. The predicted molar refractivity (Wildman–Crippen MR) is 123 cm³/mol. The van der Waals surface area contributed by atoms with Crippen molar-refractivity contribution < 1.29 is 19.7 Å². The third-order valence-electron chi connectivity index (χ3n) is 6.50. The maximum Gasteiger partial charge on any atom is 0.242 e. The summed E-state index contributed by atoms with van der Waals surface area (Å²) in [5.74, 6) is 0.716. The van der Waals surface area contributed by atoms with E-state index in [4.69, 9.17) is 4.74 Å². The van der Waals surface area contributed by atoms with Crippen LogP contribution in [0.4, 0.5) is 0 Å². The standard InChI is InChI=1S/C26H27N3O4/c30-15-14-29-25(18-10-12-19(13-11-18)33-16-17-6-2-1-3-7-17)22-23(27-28-24(22)26(29)32)20-8-4-5-9-21(20)31/h1-13,22-25,27-28,30-31H,14-16H2. The van der Waals surface area contributed by atoms with Crippen molar-refractivity contribution in [2.45, 2.75) is 24.7 Å². The van der Waals surface area contributed by atoms with Gasteiger partial charge in [0.15, 0.2) is 0 Å². The number of aliphatic hydroxyl groups excluding tert-OH is 1. The minimum Gasteiger partial charge on any atom is -0.508 e. The summed E-state index contributed by atoms with van der Waals surface area (Å²) in [5, 5.41) is 20.1. The lowest BCUT2D eigenvalue weighted by Gasteiger charge is -2.31. The topological polar surface area (TPSA) is 94.1 Å². The van der Waals surface area contributed by atoms with Crippen molar-refractivity contribution in [3.63, 3.8) is 0 Å². The van der Waals surface area contributed by atoms with Gasteiger partial charge in [-0.1, -0.05) is 60.7 Å². The van der Waals surface area contributed by atoms with Gasteiger partial charge in [0.1, 0.15) is 24.1 Å². The molecule has 0 aliphatic carbocycles. The predicted octanol–water partition coefficient (Wildman–Crippen LogP) is 2.68. The zero-order valence-electron chi connectivity index (χ0n) is 18.1. The van der Waals surface area contributed by atoms with Crippen LogP contribution in [-0.2, 0) is 11.4 Å². The van der Waals surface area contributed by atoms with Crippen LogP contribution in [0.25, 0.3) is 0 Å². The largest absolute Gasteiger partial charge is 0.508 e. The van der Waals surface area contributed by atoms with Crippen LogP contribution in [0, 0.1) is 5.92 Å². The van der Waals surface area contributed by atoms with Gasteiger partial charge in [-0.15, -0.1) is 0 Å². The fourth-order valence-electron chi connectivity index (χ4n) is 4.98. The van der Waals surface area contributed by atoms with Gasteiger partial charge in [0.2, 0.25) is 5.91 Å². The quantitative estimate of drug-likeness (QED) is 0.447. The van der Waals surface area contributed by atoms with Crippen molar-refractivity contribution in [1.29, 1.82) is 0 Å². The van der Waals surface area contributed by atoms with Crippen LogP contribution in [0.15, 0.2) is 78.9 Å². The Morgan fingerprint density at radius 2 is 1.58 bits per heavy atom. The summed E-state index contributed by atoms with van der Waals surface area (Å²) in [4.78, 5) is 14.9. The first-order valence-corrected chi connectivity index (χ1v) is 11.1. The van der Waals surface area contributed by atoms with Gasteiger partial charge in [-0.25, -0.2) is 10.9 Å². The first-order valence-electron chi connectivity index (χ1n) is 11.1. The van der Waals surface area contributed by atoms with Crippen LogP contribution in [0.1, 0.15) is 28.8 Å². The number of hydrogen-bond donors (Lipinski definition) is 4. The van der Waals surface area contributed by atoms with Crippen molar-refractivity contribution in [3.05, 3.63) is 95.6 Å².